The van der Waals surface area contributed by atoms with Gasteiger partial charge < -0.3 is 15.5 Å². The normalized spacial score (nSPS) is 14.8. The Labute approximate surface area is 144 Å². The van der Waals surface area contributed by atoms with Gasteiger partial charge in [-0.25, -0.2) is 0 Å². The number of carbonyl (C=O) groups excluding carboxylic acids is 1. The Morgan fingerprint density at radius 1 is 1.25 bits per heavy atom. The maximum Gasteiger partial charge on any atom is 0.416 e. The molecule has 0 unspecified atom stereocenters. The van der Waals surface area contributed by atoms with Crippen LogP contribution in [0.5, 0.6) is 0 Å². The fourth-order valence-corrected chi connectivity index (χ4v) is 2.67. The van der Waals surface area contributed by atoms with Gasteiger partial charge in [0.1, 0.15) is 0 Å². The van der Waals surface area contributed by atoms with Gasteiger partial charge in [-0.05, 0) is 43.3 Å². The number of alkyl halides is 3. The summed E-state index contributed by atoms with van der Waals surface area (Å²) < 4.78 is 39.0. The number of thiocarbonyl (C=S) groups is 1. The number of amides is 1. The van der Waals surface area contributed by atoms with Gasteiger partial charge >= 0.3 is 6.18 Å². The lowest BCUT2D eigenvalue weighted by atomic mass is 10.1. The minimum Gasteiger partial charge on any atom is -0.370 e. The molecule has 0 aromatic heterocycles. The first kappa shape index (κ1) is 18.5. The molecule has 0 spiro atoms. The van der Waals surface area contributed by atoms with E-state index >= 15 is 0 Å². The third-order valence-electron chi connectivity index (χ3n) is 3.78. The first-order valence-electron chi connectivity index (χ1n) is 7.76. The van der Waals surface area contributed by atoms with E-state index in [2.05, 4.69) is 10.6 Å². The Bertz CT molecular complexity index is 625. The summed E-state index contributed by atoms with van der Waals surface area (Å²) in [5.41, 5.74) is 0.147. The number of halogens is 3. The Hall–Kier alpha value is -1.83. The van der Waals surface area contributed by atoms with Gasteiger partial charge in [0.2, 0.25) is 5.91 Å². The second kappa shape index (κ2) is 7.38. The molecule has 0 radical (unpaired) electrons. The van der Waals surface area contributed by atoms with Gasteiger partial charge in [-0.1, -0.05) is 13.8 Å². The van der Waals surface area contributed by atoms with E-state index in [9.17, 15) is 18.0 Å². The van der Waals surface area contributed by atoms with Gasteiger partial charge in [0, 0.05) is 19.0 Å². The second-order valence-corrected chi connectivity index (χ2v) is 6.43. The third kappa shape index (κ3) is 4.59. The summed E-state index contributed by atoms with van der Waals surface area (Å²) in [6, 6.07) is 3.54. The molecule has 2 rings (SSSR count). The van der Waals surface area contributed by atoms with Crippen molar-refractivity contribution in [2.24, 2.45) is 5.92 Å². The van der Waals surface area contributed by atoms with Crippen molar-refractivity contribution in [1.29, 1.82) is 0 Å². The van der Waals surface area contributed by atoms with Gasteiger partial charge in [0.25, 0.3) is 0 Å². The standard InChI is InChI=1S/C16H20F3N3OS/c1-10(2)14(23)21-15(24)20-12-9-11(16(17,18)19)5-6-13(12)22-7-3-4-8-22/h5-6,9-10H,3-4,7-8H2,1-2H3,(H2,20,21,23,24). The molecule has 132 valence electrons. The molecule has 0 aliphatic carbocycles. The van der Waals surface area contributed by atoms with E-state index in [1.165, 1.54) is 6.07 Å². The molecule has 24 heavy (non-hydrogen) atoms. The summed E-state index contributed by atoms with van der Waals surface area (Å²) in [6.07, 6.45) is -2.45. The summed E-state index contributed by atoms with van der Waals surface area (Å²) >= 11 is 5.06. The zero-order valence-electron chi connectivity index (χ0n) is 13.5. The van der Waals surface area contributed by atoms with Gasteiger partial charge in [-0.3, -0.25) is 4.79 Å². The van der Waals surface area contributed by atoms with Crippen LogP contribution in [0.4, 0.5) is 24.5 Å². The maximum atomic E-state index is 13.0. The van der Waals surface area contributed by atoms with Gasteiger partial charge in [0.15, 0.2) is 5.11 Å². The van der Waals surface area contributed by atoms with E-state index in [1.54, 1.807) is 13.8 Å². The third-order valence-corrected chi connectivity index (χ3v) is 3.98. The number of carbonyl (C=O) groups is 1. The topological polar surface area (TPSA) is 44.4 Å². The molecule has 1 aromatic rings. The summed E-state index contributed by atoms with van der Waals surface area (Å²) in [7, 11) is 0. The fraction of sp³-hybridized carbons (Fsp3) is 0.500. The van der Waals surface area contributed by atoms with E-state index < -0.39 is 11.7 Å². The molecule has 1 aliphatic rings. The summed E-state index contributed by atoms with van der Waals surface area (Å²) in [5.74, 6) is -0.563. The minimum atomic E-state index is -4.44. The van der Waals surface area contributed by atoms with E-state index in [1.807, 2.05) is 4.90 Å². The molecule has 1 fully saturated rings. The first-order chi connectivity index (χ1) is 11.2. The van der Waals surface area contributed by atoms with Crippen molar-refractivity contribution in [3.8, 4) is 0 Å². The number of hydrogen-bond acceptors (Lipinski definition) is 3. The largest absolute Gasteiger partial charge is 0.416 e. The average molecular weight is 359 g/mol. The lowest BCUT2D eigenvalue weighted by Crippen LogP contribution is -2.37. The smallest absolute Gasteiger partial charge is 0.370 e. The lowest BCUT2D eigenvalue weighted by Gasteiger charge is -2.23. The molecule has 2 N–H and O–H groups in total. The monoisotopic (exact) mass is 359 g/mol. The van der Waals surface area contributed by atoms with Crippen LogP contribution >= 0.6 is 12.2 Å². The van der Waals surface area contributed by atoms with Gasteiger partial charge in [0.05, 0.1) is 16.9 Å². The van der Waals surface area contributed by atoms with Crippen LogP contribution in [0.2, 0.25) is 0 Å². The highest BCUT2D eigenvalue weighted by atomic mass is 32.1. The molecular weight excluding hydrogens is 339 g/mol. The molecule has 0 atom stereocenters. The predicted molar refractivity (Wildman–Crippen MR) is 92.1 cm³/mol. The van der Waals surface area contributed by atoms with Crippen LogP contribution in [0, 0.1) is 5.92 Å². The van der Waals surface area contributed by atoms with Crippen molar-refractivity contribution in [2.45, 2.75) is 32.9 Å². The summed E-state index contributed by atoms with van der Waals surface area (Å²) in [4.78, 5) is 13.7. The first-order valence-corrected chi connectivity index (χ1v) is 8.17. The van der Waals surface area contributed by atoms with Crippen LogP contribution in [0.25, 0.3) is 0 Å². The molecule has 1 heterocycles. The highest BCUT2D eigenvalue weighted by Crippen LogP contribution is 2.36. The number of benzene rings is 1. The number of hydrogen-bond donors (Lipinski definition) is 2. The molecule has 0 saturated carbocycles. The van der Waals surface area contributed by atoms with Crippen molar-refractivity contribution in [3.63, 3.8) is 0 Å². The predicted octanol–water partition coefficient (Wildman–Crippen LogP) is 3.77. The van der Waals surface area contributed by atoms with Gasteiger partial charge in [-0.2, -0.15) is 13.2 Å². The van der Waals surface area contributed by atoms with Crippen molar-refractivity contribution in [2.75, 3.05) is 23.3 Å². The van der Waals surface area contributed by atoms with Crippen molar-refractivity contribution in [1.82, 2.24) is 5.32 Å². The summed E-state index contributed by atoms with van der Waals surface area (Å²) in [6.45, 7) is 4.98. The Morgan fingerprint density at radius 2 is 1.88 bits per heavy atom. The Morgan fingerprint density at radius 3 is 2.42 bits per heavy atom. The SMILES string of the molecule is CC(C)C(=O)NC(=S)Nc1cc(C(F)(F)F)ccc1N1CCCC1. The molecule has 1 aromatic carbocycles. The van der Waals surface area contributed by atoms with Crippen molar-refractivity contribution >= 4 is 34.6 Å². The maximum absolute atomic E-state index is 13.0. The minimum absolute atomic E-state index is 0.00604. The van der Waals surface area contributed by atoms with Crippen LogP contribution in [0.3, 0.4) is 0 Å². The molecule has 0 bridgehead atoms. The van der Waals surface area contributed by atoms with Crippen LogP contribution in [0.1, 0.15) is 32.3 Å². The molecular formula is C16H20F3N3OS. The average Bonchev–Trinajstić information content (AvgIpc) is 2.99. The summed E-state index contributed by atoms with van der Waals surface area (Å²) in [5, 5.41) is 5.22. The van der Waals surface area contributed by atoms with Crippen LogP contribution < -0.4 is 15.5 Å². The molecule has 1 saturated heterocycles. The quantitative estimate of drug-likeness (QED) is 0.807. The number of nitrogens with zero attached hydrogens (tertiary/aromatic N) is 1. The van der Waals surface area contributed by atoms with Crippen molar-refractivity contribution in [3.05, 3.63) is 23.8 Å². The highest BCUT2D eigenvalue weighted by Gasteiger charge is 2.31. The van der Waals surface area contributed by atoms with E-state index in [-0.39, 0.29) is 22.6 Å². The Balaban J connectivity index is 2.26. The van der Waals surface area contributed by atoms with E-state index in [4.69, 9.17) is 12.2 Å². The fourth-order valence-electron chi connectivity index (χ4n) is 2.46. The van der Waals surface area contributed by atoms with Gasteiger partial charge in [-0.15, -0.1) is 0 Å². The zero-order chi connectivity index (χ0) is 17.9. The lowest BCUT2D eigenvalue weighted by molar-refractivity contribution is -0.137. The molecule has 1 amide bonds. The van der Waals surface area contributed by atoms with Crippen molar-refractivity contribution < 1.29 is 18.0 Å². The zero-order valence-corrected chi connectivity index (χ0v) is 14.4. The molecule has 4 nitrogen and oxygen atoms in total. The Kier molecular flexibility index (Phi) is 5.69. The number of rotatable bonds is 3. The van der Waals surface area contributed by atoms with Crippen LogP contribution in [-0.4, -0.2) is 24.1 Å². The number of anilines is 2. The van der Waals surface area contributed by atoms with E-state index in [0.717, 1.165) is 38.1 Å². The molecule has 1 aliphatic heterocycles. The highest BCUT2D eigenvalue weighted by molar-refractivity contribution is 7.80. The van der Waals surface area contributed by atoms with Crippen LogP contribution in [-0.2, 0) is 11.0 Å². The molecule has 8 heteroatoms. The second-order valence-electron chi connectivity index (χ2n) is 6.02. The van der Waals surface area contributed by atoms with E-state index in [0.29, 0.717) is 5.69 Å². The van der Waals surface area contributed by atoms with Crippen LogP contribution in [0.15, 0.2) is 18.2 Å². The number of nitrogens with one attached hydrogen (secondary N) is 2.